The largest absolute Gasteiger partial charge is 0.352 e. The van der Waals surface area contributed by atoms with E-state index in [9.17, 15) is 18.0 Å². The average molecular weight is 442 g/mol. The number of anilines is 1. The van der Waals surface area contributed by atoms with Crippen molar-refractivity contribution in [2.24, 2.45) is 5.92 Å². The number of sulfonamides is 1. The number of piperidine rings is 1. The van der Waals surface area contributed by atoms with Crippen LogP contribution in [-0.2, 0) is 26.2 Å². The molecule has 0 radical (unpaired) electrons. The van der Waals surface area contributed by atoms with Crippen LogP contribution in [0.4, 0.5) is 5.69 Å². The van der Waals surface area contributed by atoms with Gasteiger partial charge in [0.1, 0.15) is 0 Å². The highest BCUT2D eigenvalue weighted by Gasteiger charge is 2.33. The maximum Gasteiger partial charge on any atom is 0.243 e. The number of carbonyl (C=O) groups is 2. The molecule has 2 fully saturated rings. The van der Waals surface area contributed by atoms with Crippen molar-refractivity contribution in [1.82, 2.24) is 9.62 Å². The number of carbonyl (C=O) groups excluding carboxylic acids is 2. The van der Waals surface area contributed by atoms with Gasteiger partial charge < -0.3 is 10.2 Å². The summed E-state index contributed by atoms with van der Waals surface area (Å²) in [6.07, 6.45) is 2.66. The molecule has 0 aliphatic carbocycles. The molecule has 0 bridgehead atoms. The van der Waals surface area contributed by atoms with Crippen LogP contribution in [0.1, 0.15) is 31.2 Å². The normalized spacial score (nSPS) is 20.1. The third-order valence-corrected chi connectivity index (χ3v) is 7.80. The van der Waals surface area contributed by atoms with Gasteiger partial charge in [0, 0.05) is 38.3 Å². The fraction of sp³-hybridized carbons (Fsp3) is 0.391. The zero-order valence-corrected chi connectivity index (χ0v) is 18.2. The molecule has 2 heterocycles. The summed E-state index contributed by atoms with van der Waals surface area (Å²) >= 11 is 0. The Morgan fingerprint density at radius 2 is 1.74 bits per heavy atom. The topological polar surface area (TPSA) is 86.8 Å². The van der Waals surface area contributed by atoms with E-state index in [2.05, 4.69) is 5.32 Å². The van der Waals surface area contributed by atoms with Gasteiger partial charge in [0.05, 0.1) is 10.8 Å². The third kappa shape index (κ3) is 4.80. The average Bonchev–Trinajstić information content (AvgIpc) is 3.24. The second-order valence-electron chi connectivity index (χ2n) is 8.05. The van der Waals surface area contributed by atoms with Crippen LogP contribution in [0.15, 0.2) is 59.5 Å². The maximum absolute atomic E-state index is 13.1. The lowest BCUT2D eigenvalue weighted by molar-refractivity contribution is -0.126. The first kappa shape index (κ1) is 21.5. The number of hydrogen-bond donors (Lipinski definition) is 1. The van der Waals surface area contributed by atoms with E-state index in [1.807, 2.05) is 30.3 Å². The van der Waals surface area contributed by atoms with Crippen molar-refractivity contribution in [3.05, 3.63) is 60.2 Å². The van der Waals surface area contributed by atoms with Crippen molar-refractivity contribution < 1.29 is 18.0 Å². The Morgan fingerprint density at radius 3 is 2.42 bits per heavy atom. The fourth-order valence-corrected chi connectivity index (χ4v) is 5.70. The summed E-state index contributed by atoms with van der Waals surface area (Å²) in [7, 11) is -3.70. The summed E-state index contributed by atoms with van der Waals surface area (Å²) in [6, 6.07) is 16.1. The summed E-state index contributed by atoms with van der Waals surface area (Å²) in [6.45, 7) is 1.67. The summed E-state index contributed by atoms with van der Waals surface area (Å²) in [5.41, 5.74) is 1.73. The van der Waals surface area contributed by atoms with Gasteiger partial charge in [-0.1, -0.05) is 30.3 Å². The number of amides is 2. The minimum atomic E-state index is -3.70. The highest BCUT2D eigenvalue weighted by molar-refractivity contribution is 7.89. The molecular formula is C23H27N3O4S. The van der Waals surface area contributed by atoms with Crippen LogP contribution in [-0.4, -0.2) is 44.2 Å². The third-order valence-electron chi connectivity index (χ3n) is 5.92. The first-order valence-electron chi connectivity index (χ1n) is 10.7. The molecule has 1 N–H and O–H groups in total. The van der Waals surface area contributed by atoms with E-state index >= 15 is 0 Å². The van der Waals surface area contributed by atoms with Gasteiger partial charge in [-0.3, -0.25) is 9.59 Å². The van der Waals surface area contributed by atoms with Crippen molar-refractivity contribution in [3.8, 4) is 0 Å². The zero-order chi connectivity index (χ0) is 21.8. The van der Waals surface area contributed by atoms with E-state index < -0.39 is 10.0 Å². The first-order valence-corrected chi connectivity index (χ1v) is 12.1. The quantitative estimate of drug-likeness (QED) is 0.746. The molecule has 2 aliphatic heterocycles. The minimum absolute atomic E-state index is 0.0657. The molecule has 31 heavy (non-hydrogen) atoms. The van der Waals surface area contributed by atoms with E-state index in [4.69, 9.17) is 0 Å². The highest BCUT2D eigenvalue weighted by atomic mass is 32.2. The summed E-state index contributed by atoms with van der Waals surface area (Å²) in [4.78, 5) is 26.4. The molecule has 164 valence electrons. The minimum Gasteiger partial charge on any atom is -0.352 e. The molecule has 0 saturated carbocycles. The molecule has 0 spiro atoms. The van der Waals surface area contributed by atoms with E-state index in [-0.39, 0.29) is 29.2 Å². The fourth-order valence-electron chi connectivity index (χ4n) is 4.17. The molecule has 8 heteroatoms. The molecule has 2 aromatic carbocycles. The van der Waals surface area contributed by atoms with E-state index in [1.54, 1.807) is 29.2 Å². The van der Waals surface area contributed by atoms with Crippen molar-refractivity contribution in [2.75, 3.05) is 24.5 Å². The van der Waals surface area contributed by atoms with E-state index in [1.165, 1.54) is 4.31 Å². The lowest BCUT2D eigenvalue weighted by Crippen LogP contribution is -2.45. The number of nitrogens with zero attached hydrogens (tertiary/aromatic N) is 2. The number of hydrogen-bond acceptors (Lipinski definition) is 4. The molecule has 1 atom stereocenters. The lowest BCUT2D eigenvalue weighted by atomic mass is 9.99. The molecule has 1 unspecified atom stereocenters. The molecule has 2 aliphatic rings. The van der Waals surface area contributed by atoms with Crippen molar-refractivity contribution in [1.29, 1.82) is 0 Å². The SMILES string of the molecule is O=C(NCc1ccccc1)C1CCCN(S(=O)(=O)c2ccc(N3CCCC3=O)cc2)C1. The molecule has 0 aromatic heterocycles. The van der Waals surface area contributed by atoms with E-state index in [0.717, 1.165) is 17.7 Å². The van der Waals surface area contributed by atoms with Crippen molar-refractivity contribution in [3.63, 3.8) is 0 Å². The summed E-state index contributed by atoms with van der Waals surface area (Å²) < 4.78 is 27.7. The number of nitrogens with one attached hydrogen (secondary N) is 1. The van der Waals surface area contributed by atoms with Crippen molar-refractivity contribution >= 4 is 27.5 Å². The van der Waals surface area contributed by atoms with Crippen LogP contribution < -0.4 is 10.2 Å². The van der Waals surface area contributed by atoms with Crippen LogP contribution in [0.2, 0.25) is 0 Å². The Bertz CT molecular complexity index is 1040. The molecule has 7 nitrogen and oxygen atoms in total. The Morgan fingerprint density at radius 1 is 1.00 bits per heavy atom. The number of benzene rings is 2. The monoisotopic (exact) mass is 441 g/mol. The Balaban J connectivity index is 1.40. The highest BCUT2D eigenvalue weighted by Crippen LogP contribution is 2.27. The number of rotatable bonds is 6. The van der Waals surface area contributed by atoms with E-state index in [0.29, 0.717) is 38.9 Å². The lowest BCUT2D eigenvalue weighted by Gasteiger charge is -2.31. The van der Waals surface area contributed by atoms with Crippen LogP contribution in [0.25, 0.3) is 0 Å². The van der Waals surface area contributed by atoms with Gasteiger partial charge in [-0.05, 0) is 49.1 Å². The molecular weight excluding hydrogens is 414 g/mol. The second-order valence-corrected chi connectivity index (χ2v) is 9.99. The Kier molecular flexibility index (Phi) is 6.38. The smallest absolute Gasteiger partial charge is 0.243 e. The predicted molar refractivity (Wildman–Crippen MR) is 118 cm³/mol. The zero-order valence-electron chi connectivity index (χ0n) is 17.4. The van der Waals surface area contributed by atoms with Gasteiger partial charge >= 0.3 is 0 Å². The second kappa shape index (κ2) is 9.20. The Hall–Kier alpha value is -2.71. The Labute approximate surface area is 183 Å². The summed E-state index contributed by atoms with van der Waals surface area (Å²) in [5.74, 6) is -0.420. The maximum atomic E-state index is 13.1. The van der Waals surface area contributed by atoms with Gasteiger partial charge in [0.25, 0.3) is 0 Å². The predicted octanol–water partition coefficient (Wildman–Crippen LogP) is 2.53. The van der Waals surface area contributed by atoms with Gasteiger partial charge in [0.2, 0.25) is 21.8 Å². The molecule has 2 aromatic rings. The molecule has 2 amide bonds. The standard InChI is InChI=1S/C23H27N3O4S/c27-22-9-5-15-26(22)20-10-12-21(13-11-20)31(29,30)25-14-4-8-19(17-25)23(28)24-16-18-6-2-1-3-7-18/h1-3,6-7,10-13,19H,4-5,8-9,14-17H2,(H,24,28). The van der Waals surface area contributed by atoms with Crippen LogP contribution >= 0.6 is 0 Å². The van der Waals surface area contributed by atoms with Gasteiger partial charge in [-0.15, -0.1) is 0 Å². The van der Waals surface area contributed by atoms with Crippen LogP contribution in [0.3, 0.4) is 0 Å². The molecule has 4 rings (SSSR count). The van der Waals surface area contributed by atoms with Gasteiger partial charge in [-0.25, -0.2) is 8.42 Å². The first-order chi connectivity index (χ1) is 14.9. The molecule has 2 saturated heterocycles. The van der Waals surface area contributed by atoms with Crippen LogP contribution in [0.5, 0.6) is 0 Å². The van der Waals surface area contributed by atoms with Gasteiger partial charge in [-0.2, -0.15) is 4.31 Å². The summed E-state index contributed by atoms with van der Waals surface area (Å²) in [5, 5.41) is 2.93. The van der Waals surface area contributed by atoms with Crippen molar-refractivity contribution in [2.45, 2.75) is 37.1 Å². The van der Waals surface area contributed by atoms with Gasteiger partial charge in [0.15, 0.2) is 0 Å². The van der Waals surface area contributed by atoms with Crippen LogP contribution in [0, 0.1) is 5.92 Å².